The number of benzene rings is 1. The molecule has 2 aromatic rings. The highest BCUT2D eigenvalue weighted by molar-refractivity contribution is 5.97. The van der Waals surface area contributed by atoms with Crippen molar-refractivity contribution >= 4 is 16.9 Å². The number of carbonyl (C=O) groups excluding carboxylic acids is 1. The Balaban J connectivity index is 1.57. The van der Waals surface area contributed by atoms with E-state index in [1.54, 1.807) is 13.2 Å². The first-order valence-electron chi connectivity index (χ1n) is 7.62. The minimum absolute atomic E-state index is 0.106. The minimum atomic E-state index is -0.106. The Hall–Kier alpha value is -1.97. The fraction of sp³-hybridized carbons (Fsp3) is 0.471. The molecule has 21 heavy (non-hydrogen) atoms. The van der Waals surface area contributed by atoms with Gasteiger partial charge in [0, 0.05) is 11.4 Å². The zero-order valence-corrected chi connectivity index (χ0v) is 12.1. The first kappa shape index (κ1) is 12.7. The van der Waals surface area contributed by atoms with Gasteiger partial charge in [-0.1, -0.05) is 18.6 Å². The number of carbonyl (C=O) groups is 1. The third kappa shape index (κ3) is 2.09. The Labute approximate surface area is 123 Å². The second-order valence-corrected chi connectivity index (χ2v) is 6.24. The maximum Gasteiger partial charge on any atom is 0.287 e. The predicted octanol–water partition coefficient (Wildman–Crippen LogP) is 3.36. The summed E-state index contributed by atoms with van der Waals surface area (Å²) in [6.45, 7) is 0. The third-order valence-electron chi connectivity index (χ3n) is 5.01. The molecule has 0 saturated heterocycles. The van der Waals surface area contributed by atoms with Crippen molar-refractivity contribution in [2.75, 3.05) is 7.11 Å². The molecule has 1 heterocycles. The van der Waals surface area contributed by atoms with Gasteiger partial charge in [-0.2, -0.15) is 0 Å². The number of nitrogens with one attached hydrogen (secondary N) is 1. The number of hydrogen-bond acceptors (Lipinski definition) is 3. The van der Waals surface area contributed by atoms with Crippen LogP contribution in [0.15, 0.2) is 28.7 Å². The molecule has 0 aliphatic heterocycles. The van der Waals surface area contributed by atoms with Gasteiger partial charge in [0.2, 0.25) is 0 Å². The van der Waals surface area contributed by atoms with Gasteiger partial charge in [-0.05, 0) is 43.2 Å². The summed E-state index contributed by atoms with van der Waals surface area (Å²) in [5.41, 5.74) is 0.637. The number of furan rings is 1. The maximum atomic E-state index is 12.4. The van der Waals surface area contributed by atoms with Gasteiger partial charge in [-0.3, -0.25) is 4.79 Å². The summed E-state index contributed by atoms with van der Waals surface area (Å²) in [7, 11) is 1.60. The monoisotopic (exact) mass is 285 g/mol. The summed E-state index contributed by atoms with van der Waals surface area (Å²) in [5.74, 6) is 2.41. The molecule has 2 saturated carbocycles. The van der Waals surface area contributed by atoms with Crippen LogP contribution in [0.5, 0.6) is 5.75 Å². The molecule has 110 valence electrons. The highest BCUT2D eigenvalue weighted by Crippen LogP contribution is 2.44. The Bertz CT molecular complexity index is 690. The van der Waals surface area contributed by atoms with Crippen LogP contribution in [0.25, 0.3) is 11.0 Å². The normalized spacial score (nSPS) is 27.2. The van der Waals surface area contributed by atoms with Crippen LogP contribution in [0, 0.1) is 11.8 Å². The molecule has 1 amide bonds. The van der Waals surface area contributed by atoms with Crippen LogP contribution >= 0.6 is 0 Å². The van der Waals surface area contributed by atoms with Gasteiger partial charge < -0.3 is 14.5 Å². The molecule has 1 aromatic carbocycles. The van der Waals surface area contributed by atoms with E-state index >= 15 is 0 Å². The molecule has 1 N–H and O–H groups in total. The Morgan fingerprint density at radius 2 is 2.24 bits per heavy atom. The maximum absolute atomic E-state index is 12.4. The Morgan fingerprint density at radius 1 is 1.33 bits per heavy atom. The van der Waals surface area contributed by atoms with E-state index in [0.717, 1.165) is 17.7 Å². The zero-order valence-electron chi connectivity index (χ0n) is 12.1. The van der Waals surface area contributed by atoms with Gasteiger partial charge in [-0.15, -0.1) is 0 Å². The van der Waals surface area contributed by atoms with Crippen LogP contribution in [0.4, 0.5) is 0 Å². The van der Waals surface area contributed by atoms with E-state index in [2.05, 4.69) is 5.32 Å². The van der Waals surface area contributed by atoms with Crippen LogP contribution in [0.1, 0.15) is 36.2 Å². The van der Waals surface area contributed by atoms with Crippen LogP contribution < -0.4 is 10.1 Å². The average Bonchev–Trinajstić information content (AvgIpc) is 3.20. The molecular formula is C17H19NO3. The number of rotatable bonds is 3. The zero-order chi connectivity index (χ0) is 14.4. The first-order chi connectivity index (χ1) is 10.2. The van der Waals surface area contributed by atoms with Gasteiger partial charge >= 0.3 is 0 Å². The number of para-hydroxylation sites is 1. The molecule has 4 rings (SSSR count). The second-order valence-electron chi connectivity index (χ2n) is 6.24. The lowest BCUT2D eigenvalue weighted by atomic mass is 9.95. The highest BCUT2D eigenvalue weighted by Gasteiger charge is 2.40. The smallest absolute Gasteiger partial charge is 0.287 e. The van der Waals surface area contributed by atoms with Crippen LogP contribution in [0.2, 0.25) is 0 Å². The average molecular weight is 285 g/mol. The fourth-order valence-corrected chi connectivity index (χ4v) is 3.97. The summed E-state index contributed by atoms with van der Waals surface area (Å²) >= 11 is 0. The molecule has 1 aromatic heterocycles. The summed E-state index contributed by atoms with van der Waals surface area (Å²) < 4.78 is 11.0. The van der Waals surface area contributed by atoms with Crippen molar-refractivity contribution < 1.29 is 13.9 Å². The number of fused-ring (bicyclic) bond motifs is 3. The standard InChI is InChI=1S/C17H19NO3/c1-20-14-4-2-3-12-9-15(21-16(12)14)17(19)18-13-8-10-5-6-11(13)7-10/h2-4,9-11,13H,5-8H2,1H3,(H,18,19)/t10-,11-,13+/m1/s1. The molecule has 2 bridgehead atoms. The van der Waals surface area contributed by atoms with Crippen molar-refractivity contribution in [3.63, 3.8) is 0 Å². The van der Waals surface area contributed by atoms with Crippen LogP contribution in [-0.2, 0) is 0 Å². The lowest BCUT2D eigenvalue weighted by Gasteiger charge is -2.22. The van der Waals surface area contributed by atoms with E-state index in [4.69, 9.17) is 9.15 Å². The van der Waals surface area contributed by atoms with Crippen LogP contribution in [-0.4, -0.2) is 19.1 Å². The van der Waals surface area contributed by atoms with Gasteiger partial charge in [0.1, 0.15) is 0 Å². The number of amides is 1. The van der Waals surface area contributed by atoms with E-state index in [1.165, 1.54) is 19.3 Å². The van der Waals surface area contributed by atoms with E-state index in [9.17, 15) is 4.79 Å². The van der Waals surface area contributed by atoms with Crippen molar-refractivity contribution in [3.8, 4) is 5.75 Å². The van der Waals surface area contributed by atoms with Crippen molar-refractivity contribution in [3.05, 3.63) is 30.0 Å². The number of hydrogen-bond donors (Lipinski definition) is 1. The molecule has 2 fully saturated rings. The molecule has 2 aliphatic carbocycles. The third-order valence-corrected chi connectivity index (χ3v) is 5.01. The van der Waals surface area contributed by atoms with E-state index in [0.29, 0.717) is 29.1 Å². The summed E-state index contributed by atoms with van der Waals surface area (Å²) in [6, 6.07) is 7.78. The minimum Gasteiger partial charge on any atom is -0.493 e. The molecule has 3 atom stereocenters. The van der Waals surface area contributed by atoms with Gasteiger partial charge in [0.15, 0.2) is 17.1 Å². The summed E-state index contributed by atoms with van der Waals surface area (Å²) in [4.78, 5) is 12.4. The van der Waals surface area contributed by atoms with Crippen LogP contribution in [0.3, 0.4) is 0 Å². The number of methoxy groups -OCH3 is 1. The molecule has 4 heteroatoms. The van der Waals surface area contributed by atoms with Crippen molar-refractivity contribution in [2.45, 2.75) is 31.7 Å². The second kappa shape index (κ2) is 4.79. The fourth-order valence-electron chi connectivity index (χ4n) is 3.97. The number of ether oxygens (including phenoxy) is 1. The quantitative estimate of drug-likeness (QED) is 0.940. The SMILES string of the molecule is COc1cccc2cc(C(=O)N[C@H]3C[C@@H]4CC[C@@H]3C4)oc12. The first-order valence-corrected chi connectivity index (χ1v) is 7.62. The molecule has 0 radical (unpaired) electrons. The van der Waals surface area contributed by atoms with Gasteiger partial charge in [0.25, 0.3) is 5.91 Å². The lowest BCUT2D eigenvalue weighted by molar-refractivity contribution is 0.0897. The molecule has 4 nitrogen and oxygen atoms in total. The molecule has 2 aliphatic rings. The van der Waals surface area contributed by atoms with E-state index in [1.807, 2.05) is 18.2 Å². The summed E-state index contributed by atoms with van der Waals surface area (Å²) in [5, 5.41) is 4.05. The Morgan fingerprint density at radius 3 is 2.95 bits per heavy atom. The largest absolute Gasteiger partial charge is 0.493 e. The molecule has 0 unspecified atom stereocenters. The molecular weight excluding hydrogens is 266 g/mol. The summed E-state index contributed by atoms with van der Waals surface area (Å²) in [6.07, 6.45) is 4.99. The van der Waals surface area contributed by atoms with E-state index < -0.39 is 0 Å². The predicted molar refractivity (Wildman–Crippen MR) is 79.5 cm³/mol. The van der Waals surface area contributed by atoms with E-state index in [-0.39, 0.29) is 5.91 Å². The topological polar surface area (TPSA) is 51.5 Å². The van der Waals surface area contributed by atoms with Crippen molar-refractivity contribution in [2.24, 2.45) is 11.8 Å². The lowest BCUT2D eigenvalue weighted by Crippen LogP contribution is -2.38. The Kier molecular flexibility index (Phi) is 2.91. The van der Waals surface area contributed by atoms with Gasteiger partial charge in [-0.25, -0.2) is 0 Å². The highest BCUT2D eigenvalue weighted by atomic mass is 16.5. The van der Waals surface area contributed by atoms with Crippen molar-refractivity contribution in [1.82, 2.24) is 5.32 Å². The van der Waals surface area contributed by atoms with Crippen molar-refractivity contribution in [1.29, 1.82) is 0 Å². The van der Waals surface area contributed by atoms with Gasteiger partial charge in [0.05, 0.1) is 7.11 Å². The molecule has 0 spiro atoms.